The Hall–Kier alpha value is -0.610. The van der Waals surface area contributed by atoms with Gasteiger partial charge in [0.2, 0.25) is 0 Å². The average molecular weight is 244 g/mol. The van der Waals surface area contributed by atoms with Crippen molar-refractivity contribution in [3.63, 3.8) is 0 Å². The minimum atomic E-state index is -0.575. The predicted octanol–water partition coefficient (Wildman–Crippen LogP) is 1.51. The summed E-state index contributed by atoms with van der Waals surface area (Å²) in [4.78, 5) is 14.0. The van der Waals surface area contributed by atoms with Gasteiger partial charge in [0.15, 0.2) is 0 Å². The van der Waals surface area contributed by atoms with Crippen molar-refractivity contribution in [3.05, 3.63) is 0 Å². The third kappa shape index (κ3) is 6.03. The molecule has 102 valence electrons. The number of ether oxygens (including phenoxy) is 1. The van der Waals surface area contributed by atoms with Crippen molar-refractivity contribution < 1.29 is 9.53 Å². The highest BCUT2D eigenvalue weighted by molar-refractivity contribution is 5.80. The second-order valence-electron chi connectivity index (χ2n) is 5.26. The Balaban J connectivity index is 4.31. The maximum atomic E-state index is 11.8. The number of nitrogens with zero attached hydrogens (tertiary/aromatic N) is 1. The molecule has 0 aromatic carbocycles. The molecule has 0 bridgehead atoms. The Morgan fingerprint density at radius 2 is 2.06 bits per heavy atom. The van der Waals surface area contributed by atoms with Crippen LogP contribution in [0.1, 0.15) is 34.1 Å². The van der Waals surface area contributed by atoms with Gasteiger partial charge in [0.25, 0.3) is 0 Å². The zero-order valence-corrected chi connectivity index (χ0v) is 12.2. The number of rotatable bonds is 8. The molecule has 1 atom stereocenters. The number of hydrogen-bond donors (Lipinski definition) is 1. The molecule has 0 fully saturated rings. The molecular weight excluding hydrogens is 216 g/mol. The summed E-state index contributed by atoms with van der Waals surface area (Å²) in [6.07, 6.45) is 0.761. The SMILES string of the molecule is CCNC(C)(CCN(C)CC(C)C)C(=O)OC. The lowest BCUT2D eigenvalue weighted by Gasteiger charge is -2.30. The second kappa shape index (κ2) is 7.67. The van der Waals surface area contributed by atoms with Gasteiger partial charge in [0, 0.05) is 13.1 Å². The first-order chi connectivity index (χ1) is 7.85. The van der Waals surface area contributed by atoms with Gasteiger partial charge in [0.1, 0.15) is 5.54 Å². The standard InChI is InChI=1S/C13H28N2O2/c1-7-14-13(4,12(16)17-6)8-9-15(5)10-11(2)3/h11,14H,7-10H2,1-6H3. The lowest BCUT2D eigenvalue weighted by Crippen LogP contribution is -2.51. The normalized spacial score (nSPS) is 15.1. The molecule has 1 unspecified atom stereocenters. The zero-order chi connectivity index (χ0) is 13.5. The van der Waals surface area contributed by atoms with Crippen LogP contribution in [0.15, 0.2) is 0 Å². The molecule has 0 rings (SSSR count). The molecule has 0 radical (unpaired) electrons. The fourth-order valence-electron chi connectivity index (χ4n) is 2.01. The highest BCUT2D eigenvalue weighted by Crippen LogP contribution is 2.13. The number of methoxy groups -OCH3 is 1. The maximum Gasteiger partial charge on any atom is 0.325 e. The summed E-state index contributed by atoms with van der Waals surface area (Å²) in [6.45, 7) is 11.0. The molecule has 0 heterocycles. The second-order valence-corrected chi connectivity index (χ2v) is 5.26. The van der Waals surface area contributed by atoms with Crippen LogP contribution in [0.25, 0.3) is 0 Å². The number of esters is 1. The van der Waals surface area contributed by atoms with Gasteiger partial charge in [-0.25, -0.2) is 0 Å². The Bertz CT molecular complexity index is 231. The van der Waals surface area contributed by atoms with Gasteiger partial charge in [-0.1, -0.05) is 20.8 Å². The van der Waals surface area contributed by atoms with E-state index in [2.05, 4.69) is 31.1 Å². The Morgan fingerprint density at radius 3 is 2.47 bits per heavy atom. The predicted molar refractivity (Wildman–Crippen MR) is 71.0 cm³/mol. The van der Waals surface area contributed by atoms with Crippen LogP contribution in [0.5, 0.6) is 0 Å². The van der Waals surface area contributed by atoms with E-state index in [4.69, 9.17) is 4.74 Å². The van der Waals surface area contributed by atoms with Crippen LogP contribution >= 0.6 is 0 Å². The van der Waals surface area contributed by atoms with Crippen molar-refractivity contribution in [2.24, 2.45) is 5.92 Å². The molecule has 0 amide bonds. The third-order valence-electron chi connectivity index (χ3n) is 2.87. The molecular formula is C13H28N2O2. The number of likely N-dealkylation sites (N-methyl/N-ethyl adjacent to an activating group) is 1. The van der Waals surface area contributed by atoms with Crippen molar-refractivity contribution in [2.45, 2.75) is 39.7 Å². The molecule has 4 heteroatoms. The largest absolute Gasteiger partial charge is 0.468 e. The first-order valence-electron chi connectivity index (χ1n) is 6.37. The summed E-state index contributed by atoms with van der Waals surface area (Å²) < 4.78 is 4.86. The molecule has 0 saturated carbocycles. The molecule has 0 aliphatic rings. The van der Waals surface area contributed by atoms with E-state index in [0.29, 0.717) is 5.92 Å². The number of carbonyl (C=O) groups excluding carboxylic acids is 1. The monoisotopic (exact) mass is 244 g/mol. The number of carbonyl (C=O) groups is 1. The number of hydrogen-bond acceptors (Lipinski definition) is 4. The summed E-state index contributed by atoms with van der Waals surface area (Å²) in [5.74, 6) is 0.459. The van der Waals surface area contributed by atoms with E-state index in [-0.39, 0.29) is 5.97 Å². The third-order valence-corrected chi connectivity index (χ3v) is 2.87. The molecule has 0 aromatic rings. The molecule has 0 aliphatic carbocycles. The molecule has 0 saturated heterocycles. The summed E-state index contributed by atoms with van der Waals surface area (Å²) >= 11 is 0. The lowest BCUT2D eigenvalue weighted by atomic mass is 9.97. The van der Waals surface area contributed by atoms with Crippen molar-refractivity contribution in [2.75, 3.05) is 33.8 Å². The van der Waals surface area contributed by atoms with Crippen molar-refractivity contribution in [1.29, 1.82) is 0 Å². The van der Waals surface area contributed by atoms with Gasteiger partial charge in [-0.15, -0.1) is 0 Å². The first kappa shape index (κ1) is 16.4. The molecule has 17 heavy (non-hydrogen) atoms. The maximum absolute atomic E-state index is 11.8. The van der Waals surface area contributed by atoms with Gasteiger partial charge < -0.3 is 15.0 Å². The minimum absolute atomic E-state index is 0.183. The molecule has 1 N–H and O–H groups in total. The quantitative estimate of drug-likeness (QED) is 0.657. The fraction of sp³-hybridized carbons (Fsp3) is 0.923. The van der Waals surface area contributed by atoms with E-state index < -0.39 is 5.54 Å². The van der Waals surface area contributed by atoms with Gasteiger partial charge in [-0.2, -0.15) is 0 Å². The minimum Gasteiger partial charge on any atom is -0.468 e. The Morgan fingerprint density at radius 1 is 1.47 bits per heavy atom. The van der Waals surface area contributed by atoms with Gasteiger partial charge in [-0.3, -0.25) is 4.79 Å². The van der Waals surface area contributed by atoms with Crippen LogP contribution in [-0.4, -0.2) is 50.2 Å². The van der Waals surface area contributed by atoms with E-state index in [1.165, 1.54) is 7.11 Å². The molecule has 4 nitrogen and oxygen atoms in total. The zero-order valence-electron chi connectivity index (χ0n) is 12.2. The molecule has 0 aromatic heterocycles. The topological polar surface area (TPSA) is 41.6 Å². The summed E-state index contributed by atoms with van der Waals surface area (Å²) in [5, 5.41) is 3.22. The lowest BCUT2D eigenvalue weighted by molar-refractivity contribution is -0.148. The summed E-state index contributed by atoms with van der Waals surface area (Å²) in [7, 11) is 3.53. The average Bonchev–Trinajstić information content (AvgIpc) is 2.25. The fourth-order valence-corrected chi connectivity index (χ4v) is 2.01. The van der Waals surface area contributed by atoms with Gasteiger partial charge in [-0.05, 0) is 32.9 Å². The van der Waals surface area contributed by atoms with Crippen LogP contribution in [0, 0.1) is 5.92 Å². The first-order valence-corrected chi connectivity index (χ1v) is 6.37. The Kier molecular flexibility index (Phi) is 7.39. The molecule has 0 aliphatic heterocycles. The van der Waals surface area contributed by atoms with Crippen LogP contribution in [0.2, 0.25) is 0 Å². The Labute approximate surface area is 106 Å². The smallest absolute Gasteiger partial charge is 0.325 e. The van der Waals surface area contributed by atoms with E-state index in [0.717, 1.165) is 26.1 Å². The number of nitrogens with one attached hydrogen (secondary N) is 1. The van der Waals surface area contributed by atoms with Crippen LogP contribution < -0.4 is 5.32 Å². The van der Waals surface area contributed by atoms with E-state index in [9.17, 15) is 4.79 Å². The van der Waals surface area contributed by atoms with Gasteiger partial charge in [0.05, 0.1) is 7.11 Å². The van der Waals surface area contributed by atoms with E-state index >= 15 is 0 Å². The van der Waals surface area contributed by atoms with E-state index in [1.807, 2.05) is 13.8 Å². The van der Waals surface area contributed by atoms with Crippen LogP contribution in [0.3, 0.4) is 0 Å². The van der Waals surface area contributed by atoms with Crippen molar-refractivity contribution in [3.8, 4) is 0 Å². The molecule has 0 spiro atoms. The van der Waals surface area contributed by atoms with Crippen molar-refractivity contribution >= 4 is 5.97 Å². The summed E-state index contributed by atoms with van der Waals surface area (Å²) in [5.41, 5.74) is -0.575. The van der Waals surface area contributed by atoms with E-state index in [1.54, 1.807) is 0 Å². The van der Waals surface area contributed by atoms with Crippen LogP contribution in [0.4, 0.5) is 0 Å². The van der Waals surface area contributed by atoms with Crippen molar-refractivity contribution in [1.82, 2.24) is 10.2 Å². The highest BCUT2D eigenvalue weighted by Gasteiger charge is 2.33. The van der Waals surface area contributed by atoms with Gasteiger partial charge >= 0.3 is 5.97 Å². The van der Waals surface area contributed by atoms with Crippen LogP contribution in [-0.2, 0) is 9.53 Å². The summed E-state index contributed by atoms with van der Waals surface area (Å²) in [6, 6.07) is 0. The highest BCUT2D eigenvalue weighted by atomic mass is 16.5.